The standard InChI is InChI=1S/C10H18/c1-4-9-7-5-6-8-10(9,2)3/h4,9H,1,5-8H2,2-3H3. The van der Waals surface area contributed by atoms with E-state index in [1.165, 1.54) is 25.7 Å². The van der Waals surface area contributed by atoms with Crippen LogP contribution in [0.3, 0.4) is 0 Å². The summed E-state index contributed by atoms with van der Waals surface area (Å²) >= 11 is 0. The molecule has 0 saturated heterocycles. The van der Waals surface area contributed by atoms with Crippen molar-refractivity contribution in [3.05, 3.63) is 12.7 Å². The van der Waals surface area contributed by atoms with Crippen LogP contribution in [0.5, 0.6) is 0 Å². The number of hydrogen-bond donors (Lipinski definition) is 0. The van der Waals surface area contributed by atoms with Gasteiger partial charge in [-0.05, 0) is 24.2 Å². The van der Waals surface area contributed by atoms with Gasteiger partial charge >= 0.3 is 0 Å². The fourth-order valence-corrected chi connectivity index (χ4v) is 1.96. The molecule has 1 saturated carbocycles. The summed E-state index contributed by atoms with van der Waals surface area (Å²) in [5, 5.41) is 0. The molecule has 1 aliphatic carbocycles. The van der Waals surface area contributed by atoms with Crippen molar-refractivity contribution in [2.24, 2.45) is 11.3 Å². The normalized spacial score (nSPS) is 31.6. The van der Waals surface area contributed by atoms with Crippen LogP contribution in [0.15, 0.2) is 12.7 Å². The maximum atomic E-state index is 3.88. The Morgan fingerprint density at radius 1 is 1.40 bits per heavy atom. The average molecular weight is 138 g/mol. The molecule has 0 spiro atoms. The van der Waals surface area contributed by atoms with Crippen LogP contribution in [0.1, 0.15) is 39.5 Å². The molecule has 0 aromatic carbocycles. The second-order valence-corrected chi connectivity index (χ2v) is 4.08. The van der Waals surface area contributed by atoms with Crippen LogP contribution in [0.25, 0.3) is 0 Å². The lowest BCUT2D eigenvalue weighted by molar-refractivity contribution is 0.178. The van der Waals surface area contributed by atoms with Gasteiger partial charge in [0.25, 0.3) is 0 Å². The van der Waals surface area contributed by atoms with Gasteiger partial charge in [-0.2, -0.15) is 0 Å². The van der Waals surface area contributed by atoms with E-state index in [9.17, 15) is 0 Å². The van der Waals surface area contributed by atoms with Crippen LogP contribution in [-0.4, -0.2) is 0 Å². The topological polar surface area (TPSA) is 0 Å². The van der Waals surface area contributed by atoms with Crippen molar-refractivity contribution in [3.8, 4) is 0 Å². The van der Waals surface area contributed by atoms with Crippen molar-refractivity contribution in [1.29, 1.82) is 0 Å². The largest absolute Gasteiger partial charge is 0.103 e. The van der Waals surface area contributed by atoms with Crippen molar-refractivity contribution in [1.82, 2.24) is 0 Å². The number of allylic oxidation sites excluding steroid dienone is 1. The van der Waals surface area contributed by atoms with E-state index in [4.69, 9.17) is 0 Å². The first-order valence-corrected chi connectivity index (χ1v) is 4.29. The summed E-state index contributed by atoms with van der Waals surface area (Å²) in [4.78, 5) is 0. The van der Waals surface area contributed by atoms with Crippen LogP contribution < -0.4 is 0 Å². The Kier molecular flexibility index (Phi) is 2.18. The van der Waals surface area contributed by atoms with E-state index in [0.29, 0.717) is 5.41 Å². The molecule has 0 aromatic heterocycles. The highest BCUT2D eigenvalue weighted by Crippen LogP contribution is 2.40. The molecule has 10 heavy (non-hydrogen) atoms. The molecule has 0 radical (unpaired) electrons. The molecule has 1 atom stereocenters. The predicted molar refractivity (Wildman–Crippen MR) is 45.9 cm³/mol. The molecule has 1 unspecified atom stereocenters. The average Bonchev–Trinajstić information content (AvgIpc) is 1.87. The van der Waals surface area contributed by atoms with Crippen molar-refractivity contribution in [2.75, 3.05) is 0 Å². The zero-order valence-electron chi connectivity index (χ0n) is 7.19. The first kappa shape index (κ1) is 7.84. The fraction of sp³-hybridized carbons (Fsp3) is 0.800. The SMILES string of the molecule is C=CC1CCCCC1(C)C. The summed E-state index contributed by atoms with van der Waals surface area (Å²) in [5.41, 5.74) is 0.528. The third-order valence-electron chi connectivity index (χ3n) is 2.87. The van der Waals surface area contributed by atoms with Gasteiger partial charge < -0.3 is 0 Å². The Labute approximate surface area is 64.3 Å². The summed E-state index contributed by atoms with van der Waals surface area (Å²) < 4.78 is 0. The summed E-state index contributed by atoms with van der Waals surface area (Å²) in [7, 11) is 0. The third kappa shape index (κ3) is 1.42. The van der Waals surface area contributed by atoms with Gasteiger partial charge in [0.1, 0.15) is 0 Å². The van der Waals surface area contributed by atoms with Gasteiger partial charge in [0, 0.05) is 0 Å². The second kappa shape index (κ2) is 2.77. The van der Waals surface area contributed by atoms with Crippen LogP contribution in [0, 0.1) is 11.3 Å². The lowest BCUT2D eigenvalue weighted by Crippen LogP contribution is -2.25. The minimum absolute atomic E-state index is 0.528. The van der Waals surface area contributed by atoms with Crippen molar-refractivity contribution < 1.29 is 0 Å². The molecule has 1 fully saturated rings. The molecule has 0 nitrogen and oxygen atoms in total. The molecular weight excluding hydrogens is 120 g/mol. The van der Waals surface area contributed by atoms with Crippen LogP contribution >= 0.6 is 0 Å². The summed E-state index contributed by atoms with van der Waals surface area (Å²) in [5.74, 6) is 0.765. The quantitative estimate of drug-likeness (QED) is 0.487. The molecule has 0 aromatic rings. The molecule has 1 aliphatic rings. The Hall–Kier alpha value is -0.260. The summed E-state index contributed by atoms with van der Waals surface area (Å²) in [6.45, 7) is 8.60. The highest BCUT2D eigenvalue weighted by atomic mass is 14.3. The monoisotopic (exact) mass is 138 g/mol. The minimum atomic E-state index is 0.528. The molecule has 0 heteroatoms. The van der Waals surface area contributed by atoms with Gasteiger partial charge in [0.15, 0.2) is 0 Å². The lowest BCUT2D eigenvalue weighted by atomic mass is 9.69. The predicted octanol–water partition coefficient (Wildman–Crippen LogP) is 3.39. The second-order valence-electron chi connectivity index (χ2n) is 4.08. The molecule has 0 amide bonds. The van der Waals surface area contributed by atoms with Crippen LogP contribution in [-0.2, 0) is 0 Å². The van der Waals surface area contributed by atoms with E-state index in [0.717, 1.165) is 5.92 Å². The minimum Gasteiger partial charge on any atom is -0.103 e. The molecule has 1 rings (SSSR count). The maximum absolute atomic E-state index is 3.88. The van der Waals surface area contributed by atoms with Gasteiger partial charge in [0.05, 0.1) is 0 Å². The zero-order valence-corrected chi connectivity index (χ0v) is 7.19. The number of hydrogen-bond acceptors (Lipinski definition) is 0. The van der Waals surface area contributed by atoms with E-state index in [1.807, 2.05) is 0 Å². The highest BCUT2D eigenvalue weighted by molar-refractivity contribution is 4.92. The molecule has 0 bridgehead atoms. The highest BCUT2D eigenvalue weighted by Gasteiger charge is 2.29. The smallest absolute Gasteiger partial charge is 0.0185 e. The van der Waals surface area contributed by atoms with Gasteiger partial charge in [-0.1, -0.05) is 32.8 Å². The van der Waals surface area contributed by atoms with Gasteiger partial charge in [-0.3, -0.25) is 0 Å². The summed E-state index contributed by atoms with van der Waals surface area (Å²) in [6.07, 6.45) is 7.69. The Bertz CT molecular complexity index is 122. The Morgan fingerprint density at radius 2 is 2.10 bits per heavy atom. The first-order valence-electron chi connectivity index (χ1n) is 4.29. The van der Waals surface area contributed by atoms with Crippen LogP contribution in [0.2, 0.25) is 0 Å². The lowest BCUT2D eigenvalue weighted by Gasteiger charge is -2.36. The molecule has 0 aliphatic heterocycles. The van der Waals surface area contributed by atoms with E-state index in [1.54, 1.807) is 0 Å². The molecular formula is C10H18. The van der Waals surface area contributed by atoms with Crippen molar-refractivity contribution in [2.45, 2.75) is 39.5 Å². The van der Waals surface area contributed by atoms with E-state index >= 15 is 0 Å². The Morgan fingerprint density at radius 3 is 2.50 bits per heavy atom. The molecule has 0 N–H and O–H groups in total. The van der Waals surface area contributed by atoms with Gasteiger partial charge in [-0.25, -0.2) is 0 Å². The molecule has 0 heterocycles. The van der Waals surface area contributed by atoms with Gasteiger partial charge in [0.2, 0.25) is 0 Å². The third-order valence-corrected chi connectivity index (χ3v) is 2.87. The van der Waals surface area contributed by atoms with Gasteiger partial charge in [-0.15, -0.1) is 6.58 Å². The fourth-order valence-electron chi connectivity index (χ4n) is 1.96. The number of rotatable bonds is 1. The maximum Gasteiger partial charge on any atom is -0.0185 e. The Balaban J connectivity index is 2.59. The molecule has 58 valence electrons. The van der Waals surface area contributed by atoms with E-state index < -0.39 is 0 Å². The van der Waals surface area contributed by atoms with Crippen molar-refractivity contribution in [3.63, 3.8) is 0 Å². The first-order chi connectivity index (χ1) is 4.67. The van der Waals surface area contributed by atoms with Crippen LogP contribution in [0.4, 0.5) is 0 Å². The summed E-state index contributed by atoms with van der Waals surface area (Å²) in [6, 6.07) is 0. The zero-order chi connectivity index (χ0) is 7.61. The van der Waals surface area contributed by atoms with E-state index in [2.05, 4.69) is 26.5 Å². The van der Waals surface area contributed by atoms with E-state index in [-0.39, 0.29) is 0 Å². The van der Waals surface area contributed by atoms with Crippen molar-refractivity contribution >= 4 is 0 Å².